The standard InChI is InChI=1S/C13H15BrN2O3/c1-13(12(18)19)6-3-7-16(13)9-5-2-4-8(14)10(9)11(15)17/h2,4-5H,3,6-7H2,1H3,(H2,15,17)(H,18,19). The van der Waals surface area contributed by atoms with Gasteiger partial charge in [0.05, 0.1) is 11.3 Å². The Morgan fingerprint density at radius 3 is 2.74 bits per heavy atom. The zero-order valence-electron chi connectivity index (χ0n) is 10.5. The van der Waals surface area contributed by atoms with Gasteiger partial charge in [-0.15, -0.1) is 0 Å². The van der Waals surface area contributed by atoms with Gasteiger partial charge in [-0.3, -0.25) is 4.79 Å². The average molecular weight is 327 g/mol. The van der Waals surface area contributed by atoms with Crippen LogP contribution < -0.4 is 10.6 Å². The maximum atomic E-state index is 11.6. The molecule has 1 fully saturated rings. The fourth-order valence-corrected chi connectivity index (χ4v) is 3.10. The Bertz CT molecular complexity index is 547. The van der Waals surface area contributed by atoms with E-state index in [4.69, 9.17) is 5.73 Å². The lowest BCUT2D eigenvalue weighted by atomic mass is 9.98. The van der Waals surface area contributed by atoms with E-state index in [-0.39, 0.29) is 0 Å². The molecule has 1 unspecified atom stereocenters. The van der Waals surface area contributed by atoms with Crippen molar-refractivity contribution >= 4 is 33.5 Å². The molecule has 1 atom stereocenters. The van der Waals surface area contributed by atoms with Gasteiger partial charge < -0.3 is 15.7 Å². The fourth-order valence-electron chi connectivity index (χ4n) is 2.55. The molecule has 0 saturated carbocycles. The molecule has 1 aromatic rings. The lowest BCUT2D eigenvalue weighted by Crippen LogP contribution is -2.48. The summed E-state index contributed by atoms with van der Waals surface area (Å²) in [6.07, 6.45) is 1.32. The van der Waals surface area contributed by atoms with E-state index in [1.54, 1.807) is 30.0 Å². The lowest BCUT2D eigenvalue weighted by molar-refractivity contribution is -0.142. The molecular formula is C13H15BrN2O3. The quantitative estimate of drug-likeness (QED) is 0.889. The highest BCUT2D eigenvalue weighted by atomic mass is 79.9. The van der Waals surface area contributed by atoms with Crippen LogP contribution in [0, 0.1) is 0 Å². The van der Waals surface area contributed by atoms with Gasteiger partial charge in [-0.1, -0.05) is 6.07 Å². The second-order valence-electron chi connectivity index (χ2n) is 4.83. The van der Waals surface area contributed by atoms with Crippen molar-refractivity contribution in [1.29, 1.82) is 0 Å². The molecule has 1 aliphatic heterocycles. The van der Waals surface area contributed by atoms with E-state index in [1.807, 2.05) is 0 Å². The zero-order chi connectivity index (χ0) is 14.2. The fraction of sp³-hybridized carbons (Fsp3) is 0.385. The molecule has 0 radical (unpaired) electrons. The summed E-state index contributed by atoms with van der Waals surface area (Å²) in [7, 11) is 0. The van der Waals surface area contributed by atoms with E-state index in [1.165, 1.54) is 0 Å². The average Bonchev–Trinajstić information content (AvgIpc) is 2.71. The van der Waals surface area contributed by atoms with Crippen LogP contribution in [0.5, 0.6) is 0 Å². The summed E-state index contributed by atoms with van der Waals surface area (Å²) in [4.78, 5) is 24.9. The molecule has 6 heteroatoms. The first-order valence-electron chi connectivity index (χ1n) is 5.97. The Morgan fingerprint density at radius 2 is 2.16 bits per heavy atom. The van der Waals surface area contributed by atoms with Crippen molar-refractivity contribution in [1.82, 2.24) is 0 Å². The highest BCUT2D eigenvalue weighted by Gasteiger charge is 2.44. The van der Waals surface area contributed by atoms with Gasteiger partial charge in [-0.05, 0) is 47.8 Å². The lowest BCUT2D eigenvalue weighted by Gasteiger charge is -2.34. The number of primary amides is 1. The van der Waals surface area contributed by atoms with Crippen LogP contribution in [0.2, 0.25) is 0 Å². The van der Waals surface area contributed by atoms with Gasteiger partial charge in [0.15, 0.2) is 0 Å². The molecule has 1 heterocycles. The third kappa shape index (κ3) is 2.20. The van der Waals surface area contributed by atoms with Crippen LogP contribution in [-0.4, -0.2) is 29.1 Å². The minimum Gasteiger partial charge on any atom is -0.480 e. The number of carbonyl (C=O) groups is 2. The van der Waals surface area contributed by atoms with Crippen LogP contribution in [0.15, 0.2) is 22.7 Å². The van der Waals surface area contributed by atoms with Crippen LogP contribution in [0.4, 0.5) is 5.69 Å². The topological polar surface area (TPSA) is 83.6 Å². The number of halogens is 1. The summed E-state index contributed by atoms with van der Waals surface area (Å²) < 4.78 is 0.581. The second kappa shape index (κ2) is 4.85. The third-order valence-electron chi connectivity index (χ3n) is 3.63. The maximum Gasteiger partial charge on any atom is 0.329 e. The number of carboxylic acid groups (broad SMARTS) is 1. The summed E-state index contributed by atoms with van der Waals surface area (Å²) in [6, 6.07) is 5.22. The van der Waals surface area contributed by atoms with Crippen molar-refractivity contribution in [2.45, 2.75) is 25.3 Å². The van der Waals surface area contributed by atoms with Crippen molar-refractivity contribution in [3.05, 3.63) is 28.2 Å². The van der Waals surface area contributed by atoms with E-state index in [2.05, 4.69) is 15.9 Å². The SMILES string of the molecule is CC1(C(=O)O)CCCN1c1cccc(Br)c1C(N)=O. The molecule has 5 nitrogen and oxygen atoms in total. The molecule has 1 aromatic carbocycles. The minimum atomic E-state index is -0.995. The Kier molecular flexibility index (Phi) is 3.54. The number of carboxylic acids is 1. The Labute approximate surface area is 119 Å². The van der Waals surface area contributed by atoms with E-state index in [0.717, 1.165) is 6.42 Å². The van der Waals surface area contributed by atoms with E-state index < -0.39 is 17.4 Å². The minimum absolute atomic E-state index is 0.330. The van der Waals surface area contributed by atoms with Crippen LogP contribution in [0.1, 0.15) is 30.1 Å². The molecule has 0 aliphatic carbocycles. The van der Waals surface area contributed by atoms with Gasteiger partial charge in [0.1, 0.15) is 5.54 Å². The number of carbonyl (C=O) groups excluding carboxylic acids is 1. The Morgan fingerprint density at radius 1 is 1.47 bits per heavy atom. The third-order valence-corrected chi connectivity index (χ3v) is 4.29. The normalized spacial score (nSPS) is 22.5. The number of rotatable bonds is 3. The van der Waals surface area contributed by atoms with Gasteiger partial charge in [0.25, 0.3) is 5.91 Å². The molecule has 102 valence electrons. The highest BCUT2D eigenvalue weighted by Crippen LogP contribution is 2.38. The predicted octanol–water partition coefficient (Wildman–Crippen LogP) is 1.99. The molecule has 1 amide bonds. The number of benzene rings is 1. The van der Waals surface area contributed by atoms with E-state index in [9.17, 15) is 14.7 Å². The number of hydrogen-bond donors (Lipinski definition) is 2. The summed E-state index contributed by atoms with van der Waals surface area (Å²) in [5.74, 6) is -1.46. The summed E-state index contributed by atoms with van der Waals surface area (Å²) in [6.45, 7) is 2.27. The summed E-state index contributed by atoms with van der Waals surface area (Å²) in [5.41, 5.74) is 5.31. The van der Waals surface area contributed by atoms with Crippen LogP contribution in [0.3, 0.4) is 0 Å². The number of nitrogens with two attached hydrogens (primary N) is 1. The highest BCUT2D eigenvalue weighted by molar-refractivity contribution is 9.10. The number of nitrogens with zero attached hydrogens (tertiary/aromatic N) is 1. The van der Waals surface area contributed by atoms with Gasteiger partial charge in [0.2, 0.25) is 0 Å². The molecule has 3 N–H and O–H groups in total. The van der Waals surface area contributed by atoms with Crippen LogP contribution >= 0.6 is 15.9 Å². The first-order valence-corrected chi connectivity index (χ1v) is 6.76. The maximum absolute atomic E-state index is 11.6. The molecule has 2 rings (SSSR count). The number of aliphatic carboxylic acids is 1. The molecular weight excluding hydrogens is 312 g/mol. The van der Waals surface area contributed by atoms with Crippen molar-refractivity contribution in [3.63, 3.8) is 0 Å². The van der Waals surface area contributed by atoms with Crippen molar-refractivity contribution in [3.8, 4) is 0 Å². The van der Waals surface area contributed by atoms with Gasteiger partial charge in [-0.2, -0.15) is 0 Å². The van der Waals surface area contributed by atoms with Crippen LogP contribution in [-0.2, 0) is 4.79 Å². The first kappa shape index (κ1) is 13.9. The van der Waals surface area contributed by atoms with Gasteiger partial charge >= 0.3 is 5.97 Å². The van der Waals surface area contributed by atoms with Crippen molar-refractivity contribution in [2.75, 3.05) is 11.4 Å². The monoisotopic (exact) mass is 326 g/mol. The van der Waals surface area contributed by atoms with Crippen molar-refractivity contribution in [2.24, 2.45) is 5.73 Å². The molecule has 1 saturated heterocycles. The van der Waals surface area contributed by atoms with Gasteiger partial charge in [-0.25, -0.2) is 4.79 Å². The molecule has 0 bridgehead atoms. The van der Waals surface area contributed by atoms with E-state index in [0.29, 0.717) is 28.7 Å². The smallest absolute Gasteiger partial charge is 0.329 e. The summed E-state index contributed by atoms with van der Waals surface area (Å²) >= 11 is 3.29. The molecule has 1 aliphatic rings. The summed E-state index contributed by atoms with van der Waals surface area (Å²) in [5, 5.41) is 9.43. The predicted molar refractivity (Wildman–Crippen MR) is 75.3 cm³/mol. The van der Waals surface area contributed by atoms with Crippen molar-refractivity contribution < 1.29 is 14.7 Å². The molecule has 19 heavy (non-hydrogen) atoms. The Balaban J connectivity index is 2.56. The number of anilines is 1. The molecule has 0 aromatic heterocycles. The van der Waals surface area contributed by atoms with E-state index >= 15 is 0 Å². The van der Waals surface area contributed by atoms with Crippen LogP contribution in [0.25, 0.3) is 0 Å². The van der Waals surface area contributed by atoms with Gasteiger partial charge in [0, 0.05) is 11.0 Å². The zero-order valence-corrected chi connectivity index (χ0v) is 12.1. The first-order chi connectivity index (χ1) is 8.88. The Hall–Kier alpha value is -1.56. The molecule has 0 spiro atoms. The number of hydrogen-bond acceptors (Lipinski definition) is 3. The largest absolute Gasteiger partial charge is 0.480 e. The number of amides is 1. The second-order valence-corrected chi connectivity index (χ2v) is 5.69.